The van der Waals surface area contributed by atoms with E-state index in [0.717, 1.165) is 36.1 Å². The molecule has 1 rings (SSSR count). The lowest BCUT2D eigenvalue weighted by Crippen LogP contribution is -2.46. The molecule has 0 unspecified atom stereocenters. The number of sulfonamides is 1. The molecule has 1 amide bonds. The first-order valence-corrected chi connectivity index (χ1v) is 12.4. The molecule has 0 spiro atoms. The van der Waals surface area contributed by atoms with Gasteiger partial charge >= 0.3 is 0 Å². The highest BCUT2D eigenvalue weighted by atomic mass is 32.2. The molecule has 5 nitrogen and oxygen atoms in total. The van der Waals surface area contributed by atoms with Gasteiger partial charge in [0.1, 0.15) is 0 Å². The van der Waals surface area contributed by atoms with Crippen molar-refractivity contribution >= 4 is 21.6 Å². The summed E-state index contributed by atoms with van der Waals surface area (Å²) in [6.07, 6.45) is 4.41. The van der Waals surface area contributed by atoms with Crippen LogP contribution in [0.15, 0.2) is 18.2 Å². The van der Waals surface area contributed by atoms with Crippen LogP contribution >= 0.6 is 0 Å². The van der Waals surface area contributed by atoms with Crippen LogP contribution in [0.25, 0.3) is 0 Å². The Morgan fingerprint density at radius 2 is 1.55 bits per heavy atom. The summed E-state index contributed by atoms with van der Waals surface area (Å²) in [7, 11) is -3.44. The van der Waals surface area contributed by atoms with Crippen LogP contribution in [0.3, 0.4) is 0 Å². The lowest BCUT2D eigenvalue weighted by molar-refractivity contribution is -0.123. The van der Waals surface area contributed by atoms with Crippen molar-refractivity contribution in [2.75, 3.05) is 17.1 Å². The fourth-order valence-electron chi connectivity index (χ4n) is 4.17. The second-order valence-corrected chi connectivity index (χ2v) is 11.6. The van der Waals surface area contributed by atoms with Crippen LogP contribution in [0.5, 0.6) is 0 Å². The Hall–Kier alpha value is -1.56. The number of nitrogens with one attached hydrogen (secondary N) is 1. The second-order valence-electron chi connectivity index (χ2n) is 9.74. The highest BCUT2D eigenvalue weighted by Gasteiger charge is 2.27. The van der Waals surface area contributed by atoms with E-state index in [0.29, 0.717) is 19.4 Å². The molecule has 6 heteroatoms. The molecule has 0 aliphatic carbocycles. The largest absolute Gasteiger partial charge is 0.351 e. The molecular formula is C23H40N2O3S. The maximum Gasteiger partial charge on any atom is 0.232 e. The minimum atomic E-state index is -3.44. The molecule has 166 valence electrons. The average molecular weight is 425 g/mol. The Morgan fingerprint density at radius 1 is 1.03 bits per heavy atom. The lowest BCUT2D eigenvalue weighted by atomic mass is 9.82. The van der Waals surface area contributed by atoms with Gasteiger partial charge < -0.3 is 5.32 Å². The van der Waals surface area contributed by atoms with Gasteiger partial charge in [-0.3, -0.25) is 9.10 Å². The Bertz CT molecular complexity index is 771. The van der Waals surface area contributed by atoms with Gasteiger partial charge in [-0.15, -0.1) is 0 Å². The molecule has 0 bridgehead atoms. The quantitative estimate of drug-likeness (QED) is 0.592. The zero-order valence-electron chi connectivity index (χ0n) is 19.6. The highest BCUT2D eigenvalue weighted by molar-refractivity contribution is 7.92. The molecule has 0 aromatic heterocycles. The Kier molecular flexibility index (Phi) is 8.75. The molecule has 0 atom stereocenters. The molecule has 0 radical (unpaired) electrons. The fourth-order valence-corrected chi connectivity index (χ4v) is 5.20. The zero-order valence-corrected chi connectivity index (χ0v) is 20.4. The first-order valence-electron chi connectivity index (χ1n) is 10.6. The maximum absolute atomic E-state index is 12.6. The summed E-state index contributed by atoms with van der Waals surface area (Å²) < 4.78 is 26.6. The van der Waals surface area contributed by atoms with Crippen molar-refractivity contribution in [1.29, 1.82) is 0 Å². The van der Waals surface area contributed by atoms with Crippen LogP contribution in [0, 0.1) is 5.41 Å². The van der Waals surface area contributed by atoms with Crippen molar-refractivity contribution < 1.29 is 13.2 Å². The predicted octanol–water partition coefficient (Wildman–Crippen LogP) is 4.69. The molecule has 0 heterocycles. The van der Waals surface area contributed by atoms with Gasteiger partial charge in [0.25, 0.3) is 0 Å². The zero-order chi connectivity index (χ0) is 22.5. The fraction of sp³-hybridized carbons (Fsp3) is 0.696. The number of aryl methyl sites for hydroxylation is 2. The monoisotopic (exact) mass is 424 g/mol. The molecule has 0 aliphatic heterocycles. The Labute approximate surface area is 178 Å². The number of para-hydroxylation sites is 1. The van der Waals surface area contributed by atoms with E-state index in [-0.39, 0.29) is 16.9 Å². The van der Waals surface area contributed by atoms with E-state index in [1.54, 1.807) is 0 Å². The van der Waals surface area contributed by atoms with Crippen molar-refractivity contribution in [1.82, 2.24) is 5.32 Å². The Morgan fingerprint density at radius 3 is 1.97 bits per heavy atom. The summed E-state index contributed by atoms with van der Waals surface area (Å²) in [6.45, 7) is 14.9. The number of carbonyl (C=O) groups is 1. The predicted molar refractivity (Wildman–Crippen MR) is 123 cm³/mol. The van der Waals surface area contributed by atoms with Gasteiger partial charge in [-0.05, 0) is 56.1 Å². The van der Waals surface area contributed by atoms with Crippen molar-refractivity contribution in [3.63, 3.8) is 0 Å². The number of amides is 1. The van der Waals surface area contributed by atoms with Crippen molar-refractivity contribution in [2.45, 2.75) is 86.1 Å². The molecule has 0 fully saturated rings. The van der Waals surface area contributed by atoms with Gasteiger partial charge in [0.2, 0.25) is 15.9 Å². The summed E-state index contributed by atoms with van der Waals surface area (Å²) >= 11 is 0. The van der Waals surface area contributed by atoms with E-state index in [1.807, 2.05) is 45.9 Å². The number of hydrogen-bond donors (Lipinski definition) is 1. The van der Waals surface area contributed by atoms with Gasteiger partial charge in [-0.2, -0.15) is 0 Å². The molecular weight excluding hydrogens is 384 g/mol. The highest BCUT2D eigenvalue weighted by Crippen LogP contribution is 2.30. The molecule has 0 saturated carbocycles. The summed E-state index contributed by atoms with van der Waals surface area (Å²) in [5.74, 6) is -0.0350. The molecule has 29 heavy (non-hydrogen) atoms. The van der Waals surface area contributed by atoms with Crippen LogP contribution in [-0.4, -0.2) is 32.7 Å². The third kappa shape index (κ3) is 8.37. The van der Waals surface area contributed by atoms with Crippen molar-refractivity contribution in [3.05, 3.63) is 29.3 Å². The van der Waals surface area contributed by atoms with Crippen LogP contribution in [0.2, 0.25) is 0 Å². The maximum atomic E-state index is 12.6. The molecule has 0 aliphatic rings. The van der Waals surface area contributed by atoms with E-state index in [4.69, 9.17) is 0 Å². The number of rotatable bonds is 10. The number of hydrogen-bond acceptors (Lipinski definition) is 3. The van der Waals surface area contributed by atoms with Crippen LogP contribution in [0.1, 0.15) is 78.9 Å². The SMILES string of the molecule is CCc1cccc(CC)c1N(CCCC(=O)NC(C)(C)CC(C)(C)C)S(C)(=O)=O. The van der Waals surface area contributed by atoms with E-state index in [2.05, 4.69) is 26.1 Å². The number of carbonyl (C=O) groups excluding carboxylic acids is 1. The molecule has 1 aromatic rings. The first kappa shape index (κ1) is 25.5. The molecule has 1 N–H and O–H groups in total. The summed E-state index contributed by atoms with van der Waals surface area (Å²) in [6, 6.07) is 5.94. The van der Waals surface area contributed by atoms with Crippen LogP contribution in [-0.2, 0) is 27.7 Å². The third-order valence-corrected chi connectivity index (χ3v) is 6.00. The van der Waals surface area contributed by atoms with E-state index in [1.165, 1.54) is 10.6 Å². The normalized spacial score (nSPS) is 12.7. The molecule has 0 saturated heterocycles. The van der Waals surface area contributed by atoms with Crippen molar-refractivity contribution in [2.24, 2.45) is 5.41 Å². The minimum absolute atomic E-state index is 0.0350. The minimum Gasteiger partial charge on any atom is -0.351 e. The van der Waals surface area contributed by atoms with Crippen LogP contribution < -0.4 is 9.62 Å². The third-order valence-electron chi connectivity index (χ3n) is 4.83. The van der Waals surface area contributed by atoms with Crippen molar-refractivity contribution in [3.8, 4) is 0 Å². The standard InChI is InChI=1S/C23H40N2O3S/c1-9-18-13-11-14-19(10-2)21(18)25(29(8,27)28)16-12-15-20(26)24-23(6,7)17-22(3,4)5/h11,13-14H,9-10,12,15-17H2,1-8H3,(H,24,26). The second kappa shape index (κ2) is 9.96. The Balaban J connectivity index is 2.90. The lowest BCUT2D eigenvalue weighted by Gasteiger charge is -2.33. The number of anilines is 1. The molecule has 1 aromatic carbocycles. The van der Waals surface area contributed by atoms with Gasteiger partial charge in [0, 0.05) is 18.5 Å². The van der Waals surface area contributed by atoms with E-state index < -0.39 is 10.0 Å². The van der Waals surface area contributed by atoms with E-state index >= 15 is 0 Å². The summed E-state index contributed by atoms with van der Waals surface area (Å²) in [5, 5.41) is 3.10. The summed E-state index contributed by atoms with van der Waals surface area (Å²) in [4.78, 5) is 12.5. The van der Waals surface area contributed by atoms with Gasteiger partial charge in [0.15, 0.2) is 0 Å². The smallest absolute Gasteiger partial charge is 0.232 e. The summed E-state index contributed by atoms with van der Waals surface area (Å²) in [5.41, 5.74) is 2.64. The van der Waals surface area contributed by atoms with E-state index in [9.17, 15) is 13.2 Å². The average Bonchev–Trinajstić information content (AvgIpc) is 2.54. The van der Waals surface area contributed by atoms with Gasteiger partial charge in [0.05, 0.1) is 11.9 Å². The van der Waals surface area contributed by atoms with Gasteiger partial charge in [-0.25, -0.2) is 8.42 Å². The van der Waals surface area contributed by atoms with Gasteiger partial charge in [-0.1, -0.05) is 52.8 Å². The number of nitrogens with zero attached hydrogens (tertiary/aromatic N) is 1. The topological polar surface area (TPSA) is 66.5 Å². The number of benzene rings is 1. The van der Waals surface area contributed by atoms with Crippen LogP contribution in [0.4, 0.5) is 5.69 Å². The first-order chi connectivity index (χ1) is 13.2.